The summed E-state index contributed by atoms with van der Waals surface area (Å²) in [6.07, 6.45) is 5.37. The van der Waals surface area contributed by atoms with Crippen LogP contribution < -0.4 is 5.32 Å². The summed E-state index contributed by atoms with van der Waals surface area (Å²) in [5, 5.41) is 2.77. The Morgan fingerprint density at radius 1 is 1.53 bits per heavy atom. The van der Waals surface area contributed by atoms with Crippen LogP contribution in [0.15, 0.2) is 22.8 Å². The number of ether oxygens (including phenoxy) is 1. The molecule has 0 aliphatic carbocycles. The van der Waals surface area contributed by atoms with E-state index in [4.69, 9.17) is 4.74 Å². The molecular weight excluding hydrogens is 284 g/mol. The van der Waals surface area contributed by atoms with Crippen LogP contribution in [0.25, 0.3) is 0 Å². The second-order valence-corrected chi connectivity index (χ2v) is 5.02. The van der Waals surface area contributed by atoms with E-state index in [0.717, 1.165) is 30.3 Å². The number of nitrogens with zero attached hydrogens (tertiary/aromatic N) is 1. The predicted octanol–water partition coefficient (Wildman–Crippen LogP) is 2.74. The lowest BCUT2D eigenvalue weighted by Crippen LogP contribution is -2.25. The molecule has 2 rings (SSSR count). The van der Waals surface area contributed by atoms with Crippen LogP contribution in [0.1, 0.15) is 25.7 Å². The number of carbonyl (C=O) groups is 1. The molecule has 1 saturated heterocycles. The van der Waals surface area contributed by atoms with Gasteiger partial charge in [-0.3, -0.25) is 4.79 Å². The molecule has 92 valence electrons. The van der Waals surface area contributed by atoms with E-state index in [-0.39, 0.29) is 12.0 Å². The average Bonchev–Trinajstić information content (AvgIpc) is 2.33. The van der Waals surface area contributed by atoms with Gasteiger partial charge in [-0.2, -0.15) is 0 Å². The van der Waals surface area contributed by atoms with E-state index in [2.05, 4.69) is 26.2 Å². The van der Waals surface area contributed by atoms with Gasteiger partial charge in [0.1, 0.15) is 5.82 Å². The summed E-state index contributed by atoms with van der Waals surface area (Å²) in [5.41, 5.74) is 0. The number of aromatic nitrogens is 1. The molecule has 17 heavy (non-hydrogen) atoms. The maximum atomic E-state index is 11.7. The fourth-order valence-corrected chi connectivity index (χ4v) is 2.05. The first-order chi connectivity index (χ1) is 8.24. The fraction of sp³-hybridized carbons (Fsp3) is 0.500. The second-order valence-electron chi connectivity index (χ2n) is 4.10. The Kier molecular flexibility index (Phi) is 4.50. The highest BCUT2D eigenvalue weighted by Gasteiger charge is 2.17. The van der Waals surface area contributed by atoms with Crippen LogP contribution in [0.4, 0.5) is 5.82 Å². The van der Waals surface area contributed by atoms with Gasteiger partial charge in [-0.1, -0.05) is 0 Å². The first-order valence-electron chi connectivity index (χ1n) is 5.77. The molecule has 1 N–H and O–H groups in total. The zero-order valence-corrected chi connectivity index (χ0v) is 11.1. The van der Waals surface area contributed by atoms with Crippen molar-refractivity contribution in [3.63, 3.8) is 0 Å². The molecule has 2 heterocycles. The number of anilines is 1. The first-order valence-corrected chi connectivity index (χ1v) is 6.56. The molecule has 1 aliphatic rings. The summed E-state index contributed by atoms with van der Waals surface area (Å²) in [4.78, 5) is 15.8. The third-order valence-electron chi connectivity index (χ3n) is 2.68. The summed E-state index contributed by atoms with van der Waals surface area (Å²) in [5.74, 6) is 0.542. The van der Waals surface area contributed by atoms with E-state index in [1.807, 2.05) is 6.07 Å². The Morgan fingerprint density at radius 3 is 3.06 bits per heavy atom. The zero-order chi connectivity index (χ0) is 12.1. The Hall–Kier alpha value is -0.940. The topological polar surface area (TPSA) is 51.2 Å². The normalized spacial score (nSPS) is 19.9. The van der Waals surface area contributed by atoms with Crippen LogP contribution >= 0.6 is 15.9 Å². The number of hydrogen-bond donors (Lipinski definition) is 1. The van der Waals surface area contributed by atoms with Crippen LogP contribution in [0, 0.1) is 0 Å². The van der Waals surface area contributed by atoms with Gasteiger partial charge in [-0.25, -0.2) is 4.98 Å². The molecule has 5 heteroatoms. The molecule has 0 aromatic carbocycles. The lowest BCUT2D eigenvalue weighted by Gasteiger charge is -2.21. The summed E-state index contributed by atoms with van der Waals surface area (Å²) < 4.78 is 6.41. The Morgan fingerprint density at radius 2 is 2.41 bits per heavy atom. The molecular formula is C12H15BrN2O2. The molecule has 0 saturated carbocycles. The van der Waals surface area contributed by atoms with Crippen molar-refractivity contribution in [2.24, 2.45) is 0 Å². The van der Waals surface area contributed by atoms with E-state index in [1.54, 1.807) is 12.3 Å². The van der Waals surface area contributed by atoms with Gasteiger partial charge < -0.3 is 10.1 Å². The van der Waals surface area contributed by atoms with Crippen molar-refractivity contribution in [3.05, 3.63) is 22.8 Å². The van der Waals surface area contributed by atoms with Crippen molar-refractivity contribution in [2.75, 3.05) is 11.9 Å². The average molecular weight is 299 g/mol. The standard InChI is InChI=1S/C12H15BrN2O2/c13-9-4-5-11(14-8-9)15-12(16)7-10-3-1-2-6-17-10/h4-5,8,10H,1-3,6-7H2,(H,14,15,16). The molecule has 1 fully saturated rings. The monoisotopic (exact) mass is 298 g/mol. The van der Waals surface area contributed by atoms with Gasteiger partial charge in [0.2, 0.25) is 5.91 Å². The number of pyridine rings is 1. The number of rotatable bonds is 3. The maximum Gasteiger partial charge on any atom is 0.228 e. The molecule has 1 aromatic rings. The van der Waals surface area contributed by atoms with Crippen molar-refractivity contribution in [2.45, 2.75) is 31.8 Å². The van der Waals surface area contributed by atoms with Crippen LogP contribution in [-0.4, -0.2) is 23.6 Å². The van der Waals surface area contributed by atoms with Crippen LogP contribution in [0.2, 0.25) is 0 Å². The minimum Gasteiger partial charge on any atom is -0.378 e. The van der Waals surface area contributed by atoms with Gasteiger partial charge in [0.05, 0.1) is 12.5 Å². The van der Waals surface area contributed by atoms with Gasteiger partial charge in [-0.15, -0.1) is 0 Å². The Bertz CT molecular complexity index is 375. The SMILES string of the molecule is O=C(CC1CCCCO1)Nc1ccc(Br)cn1. The lowest BCUT2D eigenvalue weighted by molar-refractivity contribution is -0.119. The molecule has 1 aliphatic heterocycles. The number of nitrogens with one attached hydrogen (secondary N) is 1. The first kappa shape index (κ1) is 12.5. The van der Waals surface area contributed by atoms with Crippen molar-refractivity contribution >= 4 is 27.7 Å². The third-order valence-corrected chi connectivity index (χ3v) is 3.15. The predicted molar refractivity (Wildman–Crippen MR) is 68.8 cm³/mol. The van der Waals surface area contributed by atoms with Gasteiger partial charge in [-0.05, 0) is 47.3 Å². The molecule has 0 radical (unpaired) electrons. The number of hydrogen-bond acceptors (Lipinski definition) is 3. The largest absolute Gasteiger partial charge is 0.378 e. The summed E-state index contributed by atoms with van der Waals surface area (Å²) in [7, 11) is 0. The van der Waals surface area contributed by atoms with Crippen molar-refractivity contribution < 1.29 is 9.53 Å². The van der Waals surface area contributed by atoms with E-state index in [1.165, 1.54) is 0 Å². The highest BCUT2D eigenvalue weighted by molar-refractivity contribution is 9.10. The highest BCUT2D eigenvalue weighted by atomic mass is 79.9. The molecule has 1 amide bonds. The molecule has 0 spiro atoms. The molecule has 1 atom stereocenters. The summed E-state index contributed by atoms with van der Waals surface area (Å²) in [6, 6.07) is 3.61. The van der Waals surface area contributed by atoms with Gasteiger partial charge >= 0.3 is 0 Å². The quantitative estimate of drug-likeness (QED) is 0.933. The van der Waals surface area contributed by atoms with Crippen molar-refractivity contribution in [3.8, 4) is 0 Å². The van der Waals surface area contributed by atoms with Gasteiger partial charge in [0.25, 0.3) is 0 Å². The lowest BCUT2D eigenvalue weighted by atomic mass is 10.1. The van der Waals surface area contributed by atoms with Gasteiger partial charge in [0.15, 0.2) is 0 Å². The molecule has 1 unspecified atom stereocenters. The second kappa shape index (κ2) is 6.12. The van der Waals surface area contributed by atoms with Crippen LogP contribution in [0.5, 0.6) is 0 Å². The molecule has 4 nitrogen and oxygen atoms in total. The zero-order valence-electron chi connectivity index (χ0n) is 9.49. The van der Waals surface area contributed by atoms with E-state index in [0.29, 0.717) is 12.2 Å². The third kappa shape index (κ3) is 4.09. The van der Waals surface area contributed by atoms with Crippen molar-refractivity contribution in [1.82, 2.24) is 4.98 Å². The molecule has 0 bridgehead atoms. The Balaban J connectivity index is 1.82. The van der Waals surface area contributed by atoms with Crippen molar-refractivity contribution in [1.29, 1.82) is 0 Å². The number of amides is 1. The van der Waals surface area contributed by atoms with Crippen LogP contribution in [-0.2, 0) is 9.53 Å². The Labute approximate surface area is 109 Å². The minimum absolute atomic E-state index is 0.0354. The number of carbonyl (C=O) groups excluding carboxylic acids is 1. The van der Waals surface area contributed by atoms with E-state index in [9.17, 15) is 4.79 Å². The summed E-state index contributed by atoms with van der Waals surface area (Å²) in [6.45, 7) is 0.772. The number of halogens is 1. The van der Waals surface area contributed by atoms with Gasteiger partial charge in [0, 0.05) is 17.3 Å². The van der Waals surface area contributed by atoms with E-state index < -0.39 is 0 Å². The summed E-state index contributed by atoms with van der Waals surface area (Å²) >= 11 is 3.30. The maximum absolute atomic E-state index is 11.7. The minimum atomic E-state index is -0.0354. The molecule has 1 aromatic heterocycles. The fourth-order valence-electron chi connectivity index (χ4n) is 1.82. The highest BCUT2D eigenvalue weighted by Crippen LogP contribution is 2.16. The van der Waals surface area contributed by atoms with Crippen LogP contribution in [0.3, 0.4) is 0 Å². The van der Waals surface area contributed by atoms with E-state index >= 15 is 0 Å². The smallest absolute Gasteiger partial charge is 0.228 e.